The maximum Gasteiger partial charge on any atom is 0.338 e. The summed E-state index contributed by atoms with van der Waals surface area (Å²) in [5.41, 5.74) is 1.45. The molecule has 1 atom stereocenters. The van der Waals surface area contributed by atoms with Gasteiger partial charge in [-0.3, -0.25) is 19.9 Å². The Morgan fingerprint density at radius 2 is 1.80 bits per heavy atom. The molecule has 0 aromatic heterocycles. The first-order chi connectivity index (χ1) is 14.4. The molecule has 2 aromatic carbocycles. The van der Waals surface area contributed by atoms with Gasteiger partial charge < -0.3 is 14.8 Å². The third kappa shape index (κ3) is 4.80. The largest absolute Gasteiger partial charge is 0.497 e. The van der Waals surface area contributed by atoms with E-state index in [0.29, 0.717) is 22.7 Å². The first-order valence-electron chi connectivity index (χ1n) is 9.23. The minimum Gasteiger partial charge on any atom is -0.497 e. The van der Waals surface area contributed by atoms with Gasteiger partial charge in [-0.15, -0.1) is 0 Å². The molecule has 1 heterocycles. The number of carbonyl (C=O) groups excluding carboxylic acids is 3. The Balaban J connectivity index is 1.60. The van der Waals surface area contributed by atoms with Gasteiger partial charge in [0.15, 0.2) is 5.17 Å². The van der Waals surface area contributed by atoms with Crippen LogP contribution in [0.2, 0.25) is 0 Å². The van der Waals surface area contributed by atoms with Crippen molar-refractivity contribution < 1.29 is 23.9 Å². The predicted molar refractivity (Wildman–Crippen MR) is 115 cm³/mol. The molecule has 0 radical (unpaired) electrons. The van der Waals surface area contributed by atoms with Crippen LogP contribution in [0.15, 0.2) is 48.5 Å². The van der Waals surface area contributed by atoms with Crippen LogP contribution in [0.25, 0.3) is 0 Å². The van der Waals surface area contributed by atoms with Gasteiger partial charge in [-0.05, 0) is 55.5 Å². The number of amides is 2. The third-order valence-corrected chi connectivity index (χ3v) is 5.39. The van der Waals surface area contributed by atoms with E-state index in [1.807, 2.05) is 0 Å². The Morgan fingerprint density at radius 1 is 1.13 bits per heavy atom. The molecule has 1 saturated heterocycles. The van der Waals surface area contributed by atoms with Gasteiger partial charge in [-0.2, -0.15) is 0 Å². The van der Waals surface area contributed by atoms with Crippen molar-refractivity contribution in [3.63, 3.8) is 0 Å². The summed E-state index contributed by atoms with van der Waals surface area (Å²) in [6.07, 6.45) is -0.0713. The summed E-state index contributed by atoms with van der Waals surface area (Å²) in [5.74, 6) is -0.452. The summed E-state index contributed by atoms with van der Waals surface area (Å²) < 4.78 is 10.0. The number of hydrogen-bond donors (Lipinski definition) is 2. The summed E-state index contributed by atoms with van der Waals surface area (Å²) in [6, 6.07) is 13.1. The molecule has 0 saturated carbocycles. The molecule has 156 valence electrons. The number of nitrogens with zero attached hydrogens (tertiary/aromatic N) is 1. The van der Waals surface area contributed by atoms with Crippen molar-refractivity contribution in [2.75, 3.05) is 23.9 Å². The number of amidine groups is 1. The molecule has 2 amide bonds. The van der Waals surface area contributed by atoms with Crippen LogP contribution < -0.4 is 15.0 Å². The van der Waals surface area contributed by atoms with E-state index in [1.54, 1.807) is 62.6 Å². The number of anilines is 2. The van der Waals surface area contributed by atoms with Crippen molar-refractivity contribution in [2.45, 2.75) is 18.6 Å². The van der Waals surface area contributed by atoms with Gasteiger partial charge in [0.25, 0.3) is 0 Å². The fourth-order valence-electron chi connectivity index (χ4n) is 2.87. The lowest BCUT2D eigenvalue weighted by Gasteiger charge is -2.16. The molecule has 9 heteroatoms. The Morgan fingerprint density at radius 3 is 2.40 bits per heavy atom. The second-order valence-corrected chi connectivity index (χ2v) is 7.52. The van der Waals surface area contributed by atoms with Gasteiger partial charge >= 0.3 is 5.97 Å². The molecule has 0 unspecified atom stereocenters. The highest BCUT2D eigenvalue weighted by Crippen LogP contribution is 2.33. The third-order valence-electron chi connectivity index (χ3n) is 4.33. The van der Waals surface area contributed by atoms with Crippen LogP contribution >= 0.6 is 11.8 Å². The van der Waals surface area contributed by atoms with E-state index < -0.39 is 11.2 Å². The maximum atomic E-state index is 12.7. The van der Waals surface area contributed by atoms with Crippen LogP contribution in [0.4, 0.5) is 11.4 Å². The molecule has 1 aliphatic rings. The molecule has 0 bridgehead atoms. The van der Waals surface area contributed by atoms with E-state index in [1.165, 1.54) is 4.90 Å². The van der Waals surface area contributed by atoms with Gasteiger partial charge in [-0.25, -0.2) is 4.79 Å². The SMILES string of the molecule is CCOC(=O)c1ccc(NC(=O)C[C@@H]2SC(=N)N(c3ccc(OC)cc3)C2=O)cc1. The summed E-state index contributed by atoms with van der Waals surface area (Å²) in [5, 5.41) is 10.2. The second kappa shape index (κ2) is 9.45. The molecule has 30 heavy (non-hydrogen) atoms. The summed E-state index contributed by atoms with van der Waals surface area (Å²) in [6.45, 7) is 2.01. The van der Waals surface area contributed by atoms with E-state index in [9.17, 15) is 14.4 Å². The van der Waals surface area contributed by atoms with Gasteiger partial charge in [0.2, 0.25) is 11.8 Å². The normalized spacial score (nSPS) is 15.8. The molecule has 1 fully saturated rings. The highest BCUT2D eigenvalue weighted by atomic mass is 32.2. The number of nitrogens with one attached hydrogen (secondary N) is 2. The van der Waals surface area contributed by atoms with Crippen molar-refractivity contribution in [2.24, 2.45) is 0 Å². The number of thioether (sulfide) groups is 1. The van der Waals surface area contributed by atoms with Gasteiger partial charge in [0.05, 0.1) is 25.0 Å². The first kappa shape index (κ1) is 21.4. The van der Waals surface area contributed by atoms with Gasteiger partial charge in [0.1, 0.15) is 11.0 Å². The van der Waals surface area contributed by atoms with Gasteiger partial charge in [0, 0.05) is 12.1 Å². The number of hydrogen-bond acceptors (Lipinski definition) is 7. The number of benzene rings is 2. The molecule has 0 spiro atoms. The Labute approximate surface area is 178 Å². The average molecular weight is 427 g/mol. The highest BCUT2D eigenvalue weighted by Gasteiger charge is 2.39. The lowest BCUT2D eigenvalue weighted by Crippen LogP contribution is -2.33. The molecular formula is C21H21N3O5S. The Hall–Kier alpha value is -3.33. The minimum absolute atomic E-state index is 0.0711. The molecule has 3 rings (SSSR count). The quantitative estimate of drug-likeness (QED) is 0.657. The summed E-state index contributed by atoms with van der Waals surface area (Å²) in [4.78, 5) is 38.1. The predicted octanol–water partition coefficient (Wildman–Crippen LogP) is 3.28. The smallest absolute Gasteiger partial charge is 0.338 e. The van der Waals surface area contributed by atoms with Gasteiger partial charge in [-0.1, -0.05) is 11.8 Å². The fraction of sp³-hybridized carbons (Fsp3) is 0.238. The molecular weight excluding hydrogens is 406 g/mol. The van der Waals surface area contributed by atoms with Crippen LogP contribution in [0.1, 0.15) is 23.7 Å². The Kier molecular flexibility index (Phi) is 6.73. The Bertz CT molecular complexity index is 960. The maximum absolute atomic E-state index is 12.7. The second-order valence-electron chi connectivity index (χ2n) is 6.33. The van der Waals surface area contributed by atoms with Crippen molar-refractivity contribution in [3.8, 4) is 5.75 Å². The van der Waals surface area contributed by atoms with E-state index in [-0.39, 0.29) is 30.0 Å². The molecule has 2 N–H and O–H groups in total. The minimum atomic E-state index is -0.682. The number of methoxy groups -OCH3 is 1. The lowest BCUT2D eigenvalue weighted by atomic mass is 10.2. The van der Waals surface area contributed by atoms with Crippen LogP contribution in [0, 0.1) is 5.41 Å². The van der Waals surface area contributed by atoms with Crippen molar-refractivity contribution in [3.05, 3.63) is 54.1 Å². The highest BCUT2D eigenvalue weighted by molar-refractivity contribution is 8.16. The average Bonchev–Trinajstić information content (AvgIpc) is 3.01. The number of ether oxygens (including phenoxy) is 2. The number of esters is 1. The number of rotatable bonds is 7. The zero-order valence-electron chi connectivity index (χ0n) is 16.5. The monoisotopic (exact) mass is 427 g/mol. The molecule has 1 aliphatic heterocycles. The molecule has 8 nitrogen and oxygen atoms in total. The zero-order chi connectivity index (χ0) is 21.7. The van der Waals surface area contributed by atoms with Crippen molar-refractivity contribution >= 4 is 46.1 Å². The number of carbonyl (C=O) groups is 3. The molecule has 0 aliphatic carbocycles. The molecule has 2 aromatic rings. The van der Waals surface area contributed by atoms with Crippen LogP contribution in [0.3, 0.4) is 0 Å². The standard InChI is InChI=1S/C21H21N3O5S/c1-3-29-20(27)13-4-6-14(7-5-13)23-18(25)12-17-19(26)24(21(22)30-17)15-8-10-16(28-2)11-9-15/h4-11,17,22H,3,12H2,1-2H3,(H,23,25)/t17-/m0/s1. The van der Waals surface area contributed by atoms with E-state index >= 15 is 0 Å². The first-order valence-corrected chi connectivity index (χ1v) is 10.1. The summed E-state index contributed by atoms with van der Waals surface area (Å²) >= 11 is 1.04. The van der Waals surface area contributed by atoms with E-state index in [0.717, 1.165) is 11.8 Å². The van der Waals surface area contributed by atoms with Crippen LogP contribution in [0.5, 0.6) is 5.75 Å². The topological polar surface area (TPSA) is 109 Å². The zero-order valence-corrected chi connectivity index (χ0v) is 17.3. The summed E-state index contributed by atoms with van der Waals surface area (Å²) in [7, 11) is 1.55. The van der Waals surface area contributed by atoms with E-state index in [4.69, 9.17) is 14.9 Å². The van der Waals surface area contributed by atoms with Crippen molar-refractivity contribution in [1.29, 1.82) is 5.41 Å². The van der Waals surface area contributed by atoms with Crippen LogP contribution in [-0.4, -0.2) is 41.9 Å². The lowest BCUT2D eigenvalue weighted by molar-refractivity contribution is -0.121. The van der Waals surface area contributed by atoms with Crippen LogP contribution in [-0.2, 0) is 14.3 Å². The fourth-order valence-corrected chi connectivity index (χ4v) is 3.88. The van der Waals surface area contributed by atoms with Crippen molar-refractivity contribution in [1.82, 2.24) is 0 Å². The van der Waals surface area contributed by atoms with E-state index in [2.05, 4.69) is 5.32 Å².